The van der Waals surface area contributed by atoms with Crippen LogP contribution in [0.3, 0.4) is 0 Å². The lowest BCUT2D eigenvalue weighted by Crippen LogP contribution is -2.40. The van der Waals surface area contributed by atoms with Gasteiger partial charge in [-0.2, -0.15) is 13.2 Å². The predicted molar refractivity (Wildman–Crippen MR) is 137 cm³/mol. The van der Waals surface area contributed by atoms with Gasteiger partial charge < -0.3 is 10.1 Å². The van der Waals surface area contributed by atoms with E-state index in [-0.39, 0.29) is 24.5 Å². The number of nitrogens with zero attached hydrogens (tertiary/aromatic N) is 4. The first-order chi connectivity index (χ1) is 18.5. The van der Waals surface area contributed by atoms with E-state index in [1.807, 2.05) is 0 Å². The van der Waals surface area contributed by atoms with Gasteiger partial charge in [-0.25, -0.2) is 9.37 Å². The standard InChI is InChI=1S/C28H24F4N4O3/c1-17(34-39)16-35(25(37)15-19-7-9-20(10-8-19)28(30,31)32)18(2)26-33-24-6-4-3-5-23(24)27(38)36(26)22-13-11-21(29)12-14-22/h3-14,18,39H,15-16H2,1-2H3/b34-17+. The first-order valence-corrected chi connectivity index (χ1v) is 11.9. The fourth-order valence-electron chi connectivity index (χ4n) is 4.22. The molecule has 1 atom stereocenters. The van der Waals surface area contributed by atoms with E-state index in [2.05, 4.69) is 10.1 Å². The SMILES string of the molecule is C/C(CN(C(=O)Cc1ccc(C(F)(F)F)cc1)C(C)c1nc2ccccc2c(=O)n1-c1ccc(F)cc1)=N\O. The van der Waals surface area contributed by atoms with Gasteiger partial charge in [-0.05, 0) is 67.9 Å². The number of carbonyl (C=O) groups excluding carboxylic acids is 1. The molecule has 0 bridgehead atoms. The monoisotopic (exact) mass is 540 g/mol. The van der Waals surface area contributed by atoms with Crippen LogP contribution in [0, 0.1) is 5.82 Å². The molecule has 1 N–H and O–H groups in total. The third kappa shape index (κ3) is 5.97. The molecule has 0 saturated carbocycles. The van der Waals surface area contributed by atoms with Crippen LogP contribution in [0.4, 0.5) is 17.6 Å². The van der Waals surface area contributed by atoms with Crippen LogP contribution in [0.15, 0.2) is 82.7 Å². The number of carbonyl (C=O) groups is 1. The van der Waals surface area contributed by atoms with Crippen molar-refractivity contribution in [2.75, 3.05) is 6.54 Å². The maximum absolute atomic E-state index is 13.7. The minimum Gasteiger partial charge on any atom is -0.411 e. The number of oxime groups is 1. The molecule has 0 radical (unpaired) electrons. The quantitative estimate of drug-likeness (QED) is 0.145. The maximum atomic E-state index is 13.7. The number of fused-ring (bicyclic) bond motifs is 1. The number of rotatable bonds is 7. The minimum atomic E-state index is -4.51. The van der Waals surface area contributed by atoms with Gasteiger partial charge in [0.05, 0.1) is 46.9 Å². The van der Waals surface area contributed by atoms with Crippen LogP contribution in [-0.4, -0.2) is 37.8 Å². The van der Waals surface area contributed by atoms with Crippen LogP contribution < -0.4 is 5.56 Å². The van der Waals surface area contributed by atoms with Crippen molar-refractivity contribution in [3.8, 4) is 5.69 Å². The molecule has 0 aliphatic carbocycles. The molecular weight excluding hydrogens is 516 g/mol. The number of amides is 1. The van der Waals surface area contributed by atoms with Gasteiger partial charge >= 0.3 is 6.18 Å². The fraction of sp³-hybridized carbons (Fsp3) is 0.214. The summed E-state index contributed by atoms with van der Waals surface area (Å²) in [6, 6.07) is 15.2. The molecule has 3 aromatic carbocycles. The zero-order valence-electron chi connectivity index (χ0n) is 21.0. The Morgan fingerprint density at radius 2 is 1.69 bits per heavy atom. The van der Waals surface area contributed by atoms with Gasteiger partial charge in [0.2, 0.25) is 5.91 Å². The number of para-hydroxylation sites is 1. The molecule has 39 heavy (non-hydrogen) atoms. The van der Waals surface area contributed by atoms with E-state index in [9.17, 15) is 32.4 Å². The van der Waals surface area contributed by atoms with Gasteiger partial charge in [0.15, 0.2) is 0 Å². The van der Waals surface area contributed by atoms with Crippen LogP contribution in [0.2, 0.25) is 0 Å². The van der Waals surface area contributed by atoms with Crippen LogP contribution in [0.5, 0.6) is 0 Å². The Kier molecular flexibility index (Phi) is 7.80. The first kappa shape index (κ1) is 27.5. The molecule has 1 amide bonds. The second kappa shape index (κ2) is 11.1. The molecule has 202 valence electrons. The molecule has 0 fully saturated rings. The molecule has 0 aliphatic heterocycles. The van der Waals surface area contributed by atoms with Gasteiger partial charge in [0.1, 0.15) is 11.6 Å². The molecule has 11 heteroatoms. The van der Waals surface area contributed by atoms with Crippen molar-refractivity contribution < 1.29 is 27.6 Å². The van der Waals surface area contributed by atoms with Gasteiger partial charge in [-0.1, -0.05) is 29.4 Å². The van der Waals surface area contributed by atoms with Crippen molar-refractivity contribution in [2.24, 2.45) is 5.16 Å². The van der Waals surface area contributed by atoms with E-state index in [0.29, 0.717) is 22.2 Å². The number of aromatic nitrogens is 2. The molecule has 4 rings (SSSR count). The summed E-state index contributed by atoms with van der Waals surface area (Å²) < 4.78 is 53.8. The van der Waals surface area contributed by atoms with E-state index in [1.54, 1.807) is 31.2 Å². The summed E-state index contributed by atoms with van der Waals surface area (Å²) in [5.41, 5.74) is -0.0486. The largest absolute Gasteiger partial charge is 0.416 e. The van der Waals surface area contributed by atoms with Gasteiger partial charge in [-0.15, -0.1) is 0 Å². The van der Waals surface area contributed by atoms with Crippen molar-refractivity contribution >= 4 is 22.5 Å². The molecule has 0 spiro atoms. The highest BCUT2D eigenvalue weighted by Gasteiger charge is 2.31. The van der Waals surface area contributed by atoms with E-state index < -0.39 is 35.1 Å². The summed E-state index contributed by atoms with van der Waals surface area (Å²) in [4.78, 5) is 33.1. The van der Waals surface area contributed by atoms with Crippen molar-refractivity contribution in [1.82, 2.24) is 14.5 Å². The zero-order chi connectivity index (χ0) is 28.3. The lowest BCUT2D eigenvalue weighted by Gasteiger charge is -2.30. The Morgan fingerprint density at radius 3 is 2.31 bits per heavy atom. The van der Waals surface area contributed by atoms with Gasteiger partial charge in [0.25, 0.3) is 5.56 Å². The smallest absolute Gasteiger partial charge is 0.411 e. The molecule has 1 aromatic heterocycles. The van der Waals surface area contributed by atoms with Crippen molar-refractivity contribution in [3.05, 3.63) is 106 Å². The molecular formula is C28H24F4N4O3. The van der Waals surface area contributed by atoms with Crippen LogP contribution in [-0.2, 0) is 17.4 Å². The van der Waals surface area contributed by atoms with E-state index in [4.69, 9.17) is 0 Å². The summed E-state index contributed by atoms with van der Waals surface area (Å²) in [5.74, 6) is -0.839. The second-order valence-electron chi connectivity index (χ2n) is 9.01. The summed E-state index contributed by atoms with van der Waals surface area (Å²) >= 11 is 0. The highest BCUT2D eigenvalue weighted by Crippen LogP contribution is 2.29. The molecule has 1 heterocycles. The molecule has 4 aromatic rings. The summed E-state index contributed by atoms with van der Waals surface area (Å²) in [6.07, 6.45) is -4.76. The van der Waals surface area contributed by atoms with Crippen LogP contribution in [0.25, 0.3) is 16.6 Å². The minimum absolute atomic E-state index is 0.150. The van der Waals surface area contributed by atoms with Crippen molar-refractivity contribution in [3.63, 3.8) is 0 Å². The maximum Gasteiger partial charge on any atom is 0.416 e. The van der Waals surface area contributed by atoms with Gasteiger partial charge in [-0.3, -0.25) is 14.2 Å². The van der Waals surface area contributed by atoms with Crippen molar-refractivity contribution in [2.45, 2.75) is 32.5 Å². The van der Waals surface area contributed by atoms with E-state index in [0.717, 1.165) is 12.1 Å². The van der Waals surface area contributed by atoms with Gasteiger partial charge in [0, 0.05) is 0 Å². The van der Waals surface area contributed by atoms with E-state index >= 15 is 0 Å². The Balaban J connectivity index is 1.80. The number of halogens is 4. The second-order valence-corrected chi connectivity index (χ2v) is 9.01. The molecule has 0 saturated heterocycles. The highest BCUT2D eigenvalue weighted by atomic mass is 19.4. The number of hydrogen-bond acceptors (Lipinski definition) is 5. The topological polar surface area (TPSA) is 87.8 Å². The normalized spacial score (nSPS) is 12.9. The third-order valence-corrected chi connectivity index (χ3v) is 6.25. The number of benzene rings is 3. The lowest BCUT2D eigenvalue weighted by atomic mass is 10.1. The Bertz CT molecular complexity index is 1580. The highest BCUT2D eigenvalue weighted by molar-refractivity contribution is 5.89. The molecule has 7 nitrogen and oxygen atoms in total. The molecule has 0 aliphatic rings. The Morgan fingerprint density at radius 1 is 1.05 bits per heavy atom. The summed E-state index contributed by atoms with van der Waals surface area (Å²) in [6.45, 7) is 2.97. The first-order valence-electron chi connectivity index (χ1n) is 11.9. The van der Waals surface area contributed by atoms with E-state index in [1.165, 1.54) is 52.8 Å². The summed E-state index contributed by atoms with van der Waals surface area (Å²) in [7, 11) is 0. The Hall–Kier alpha value is -4.54. The predicted octanol–water partition coefficient (Wildman–Crippen LogP) is 5.53. The molecule has 1 unspecified atom stereocenters. The zero-order valence-corrected chi connectivity index (χ0v) is 21.0. The Labute approximate surface area is 220 Å². The average molecular weight is 541 g/mol. The summed E-state index contributed by atoms with van der Waals surface area (Å²) in [5, 5.41) is 12.8. The van der Waals surface area contributed by atoms with Crippen LogP contribution >= 0.6 is 0 Å². The fourth-order valence-corrected chi connectivity index (χ4v) is 4.22. The van der Waals surface area contributed by atoms with Crippen LogP contribution in [0.1, 0.15) is 36.8 Å². The number of alkyl halides is 3. The third-order valence-electron chi connectivity index (χ3n) is 6.25. The van der Waals surface area contributed by atoms with Crippen molar-refractivity contribution in [1.29, 1.82) is 0 Å². The average Bonchev–Trinajstić information content (AvgIpc) is 2.91. The number of hydrogen-bond donors (Lipinski definition) is 1. The lowest BCUT2D eigenvalue weighted by molar-refractivity contribution is -0.137.